The summed E-state index contributed by atoms with van der Waals surface area (Å²) in [5, 5.41) is 0. The van der Waals surface area contributed by atoms with Crippen LogP contribution in [0.3, 0.4) is 0 Å². The summed E-state index contributed by atoms with van der Waals surface area (Å²) in [7, 11) is 0. The van der Waals surface area contributed by atoms with Crippen LogP contribution >= 0.6 is 0 Å². The molecule has 0 spiro atoms. The van der Waals surface area contributed by atoms with E-state index in [1.165, 1.54) is 44.2 Å². The van der Waals surface area contributed by atoms with Crippen LogP contribution in [0, 0.1) is 5.92 Å². The molecule has 2 nitrogen and oxygen atoms in total. The van der Waals surface area contributed by atoms with Gasteiger partial charge in [0, 0.05) is 18.8 Å². The third kappa shape index (κ3) is 4.02. The number of hydrogen-bond acceptors (Lipinski definition) is 2. The molecule has 18 heavy (non-hydrogen) atoms. The molecule has 2 heteroatoms. The lowest BCUT2D eigenvalue weighted by atomic mass is 9.89. The van der Waals surface area contributed by atoms with Gasteiger partial charge < -0.3 is 5.73 Å². The van der Waals surface area contributed by atoms with Gasteiger partial charge >= 0.3 is 0 Å². The molecule has 1 aliphatic rings. The van der Waals surface area contributed by atoms with Gasteiger partial charge in [0.05, 0.1) is 0 Å². The number of anilines is 1. The fourth-order valence-electron chi connectivity index (χ4n) is 2.99. The molecule has 0 aliphatic heterocycles. The lowest BCUT2D eigenvalue weighted by molar-refractivity contribution is 0.202. The molecule has 2 N–H and O–H groups in total. The minimum atomic E-state index is 0.876. The Morgan fingerprint density at radius 2 is 2.00 bits per heavy atom. The van der Waals surface area contributed by atoms with Crippen LogP contribution in [0.25, 0.3) is 0 Å². The first-order valence-corrected chi connectivity index (χ1v) is 7.34. The Kier molecular flexibility index (Phi) is 5.06. The van der Waals surface area contributed by atoms with E-state index in [1.54, 1.807) is 0 Å². The molecule has 100 valence electrons. The van der Waals surface area contributed by atoms with E-state index in [9.17, 15) is 0 Å². The van der Waals surface area contributed by atoms with Gasteiger partial charge in [-0.15, -0.1) is 0 Å². The monoisotopic (exact) mass is 246 g/mol. The van der Waals surface area contributed by atoms with E-state index in [4.69, 9.17) is 5.73 Å². The Morgan fingerprint density at radius 3 is 2.67 bits per heavy atom. The lowest BCUT2D eigenvalue weighted by Crippen LogP contribution is -2.30. The fraction of sp³-hybridized carbons (Fsp3) is 0.625. The molecular weight excluding hydrogens is 220 g/mol. The summed E-state index contributed by atoms with van der Waals surface area (Å²) >= 11 is 0. The highest BCUT2D eigenvalue weighted by molar-refractivity contribution is 5.40. The fourth-order valence-corrected chi connectivity index (χ4v) is 2.99. The maximum absolute atomic E-state index is 5.84. The minimum Gasteiger partial charge on any atom is -0.399 e. The molecule has 0 heterocycles. The average Bonchev–Trinajstić information content (AvgIpc) is 2.39. The smallest absolute Gasteiger partial charge is 0.0317 e. The second-order valence-corrected chi connectivity index (χ2v) is 5.58. The highest BCUT2D eigenvalue weighted by atomic mass is 15.1. The number of nitrogen functional groups attached to an aromatic ring is 1. The zero-order chi connectivity index (χ0) is 12.8. The number of rotatable bonds is 5. The highest BCUT2D eigenvalue weighted by Gasteiger charge is 2.16. The number of hydrogen-bond donors (Lipinski definition) is 1. The molecule has 0 saturated heterocycles. The van der Waals surface area contributed by atoms with Gasteiger partial charge in [-0.25, -0.2) is 0 Å². The summed E-state index contributed by atoms with van der Waals surface area (Å²) in [5.41, 5.74) is 8.06. The molecule has 1 aromatic carbocycles. The Hall–Kier alpha value is -1.02. The molecule has 1 saturated carbocycles. The summed E-state index contributed by atoms with van der Waals surface area (Å²) < 4.78 is 0. The van der Waals surface area contributed by atoms with Crippen molar-refractivity contribution < 1.29 is 0 Å². The molecule has 0 aromatic heterocycles. The Morgan fingerprint density at radius 1 is 1.22 bits per heavy atom. The van der Waals surface area contributed by atoms with Gasteiger partial charge in [0.25, 0.3) is 0 Å². The SMILES string of the molecule is CCN(Cc1cccc(N)c1)CC1CCCCC1. The standard InChI is InChI=1S/C16H26N2/c1-2-18(12-14-7-4-3-5-8-14)13-15-9-6-10-16(17)11-15/h6,9-11,14H,2-5,7-8,12-13,17H2,1H3. The molecule has 1 fully saturated rings. The third-order valence-corrected chi connectivity index (χ3v) is 4.05. The van der Waals surface area contributed by atoms with Crippen LogP contribution in [0.4, 0.5) is 5.69 Å². The van der Waals surface area contributed by atoms with E-state index in [1.807, 2.05) is 6.07 Å². The topological polar surface area (TPSA) is 29.3 Å². The van der Waals surface area contributed by atoms with Gasteiger partial charge in [-0.3, -0.25) is 4.90 Å². The van der Waals surface area contributed by atoms with E-state index < -0.39 is 0 Å². The normalized spacial score (nSPS) is 17.2. The third-order valence-electron chi connectivity index (χ3n) is 4.05. The van der Waals surface area contributed by atoms with Crippen molar-refractivity contribution in [2.24, 2.45) is 5.92 Å². The van der Waals surface area contributed by atoms with Crippen molar-refractivity contribution in [2.75, 3.05) is 18.8 Å². The zero-order valence-corrected chi connectivity index (χ0v) is 11.6. The number of nitrogens with two attached hydrogens (primary N) is 1. The first kappa shape index (κ1) is 13.4. The van der Waals surface area contributed by atoms with E-state index in [2.05, 4.69) is 30.0 Å². The first-order valence-electron chi connectivity index (χ1n) is 7.34. The average molecular weight is 246 g/mol. The van der Waals surface area contributed by atoms with E-state index >= 15 is 0 Å². The first-order chi connectivity index (χ1) is 8.78. The summed E-state index contributed by atoms with van der Waals surface area (Å²) in [6, 6.07) is 8.30. The quantitative estimate of drug-likeness (QED) is 0.803. The summed E-state index contributed by atoms with van der Waals surface area (Å²) in [5.74, 6) is 0.916. The van der Waals surface area contributed by atoms with E-state index in [0.29, 0.717) is 0 Å². The minimum absolute atomic E-state index is 0.876. The molecule has 0 radical (unpaired) electrons. The van der Waals surface area contributed by atoms with Gasteiger partial charge in [0.2, 0.25) is 0 Å². The second-order valence-electron chi connectivity index (χ2n) is 5.58. The van der Waals surface area contributed by atoms with Crippen molar-refractivity contribution in [1.29, 1.82) is 0 Å². The molecular formula is C16H26N2. The van der Waals surface area contributed by atoms with Crippen LogP contribution in [0.5, 0.6) is 0 Å². The van der Waals surface area contributed by atoms with Crippen molar-refractivity contribution in [3.63, 3.8) is 0 Å². The molecule has 0 atom stereocenters. The van der Waals surface area contributed by atoms with Crippen LogP contribution in [0.2, 0.25) is 0 Å². The van der Waals surface area contributed by atoms with Crippen molar-refractivity contribution >= 4 is 5.69 Å². The van der Waals surface area contributed by atoms with Crippen molar-refractivity contribution in [3.8, 4) is 0 Å². The Balaban J connectivity index is 1.88. The summed E-state index contributed by atoms with van der Waals surface area (Å²) in [6.45, 7) is 5.68. The number of nitrogens with zero attached hydrogens (tertiary/aromatic N) is 1. The largest absolute Gasteiger partial charge is 0.399 e. The van der Waals surface area contributed by atoms with E-state index in [0.717, 1.165) is 24.7 Å². The number of benzene rings is 1. The maximum atomic E-state index is 5.84. The summed E-state index contributed by atoms with van der Waals surface area (Å²) in [4.78, 5) is 2.56. The predicted octanol–water partition coefficient (Wildman–Crippen LogP) is 3.67. The van der Waals surface area contributed by atoms with Gasteiger partial charge in [0.1, 0.15) is 0 Å². The van der Waals surface area contributed by atoms with Crippen LogP contribution < -0.4 is 5.73 Å². The summed E-state index contributed by atoms with van der Waals surface area (Å²) in [6.07, 6.45) is 7.15. The van der Waals surface area contributed by atoms with Crippen molar-refractivity contribution in [1.82, 2.24) is 4.90 Å². The Labute approximate surface area is 111 Å². The molecule has 0 unspecified atom stereocenters. The van der Waals surface area contributed by atoms with Gasteiger partial charge in [-0.05, 0) is 43.0 Å². The van der Waals surface area contributed by atoms with Crippen molar-refractivity contribution in [2.45, 2.75) is 45.6 Å². The second kappa shape index (κ2) is 6.79. The van der Waals surface area contributed by atoms with Crippen LogP contribution in [-0.4, -0.2) is 18.0 Å². The lowest BCUT2D eigenvalue weighted by Gasteiger charge is -2.29. The van der Waals surface area contributed by atoms with Crippen LogP contribution in [-0.2, 0) is 6.54 Å². The van der Waals surface area contributed by atoms with E-state index in [-0.39, 0.29) is 0 Å². The molecule has 2 rings (SSSR count). The maximum Gasteiger partial charge on any atom is 0.0317 e. The molecule has 1 aliphatic carbocycles. The van der Waals surface area contributed by atoms with Gasteiger partial charge in [-0.1, -0.05) is 38.3 Å². The molecule has 1 aromatic rings. The predicted molar refractivity (Wildman–Crippen MR) is 78.4 cm³/mol. The highest BCUT2D eigenvalue weighted by Crippen LogP contribution is 2.25. The van der Waals surface area contributed by atoms with Crippen molar-refractivity contribution in [3.05, 3.63) is 29.8 Å². The van der Waals surface area contributed by atoms with Gasteiger partial charge in [0.15, 0.2) is 0 Å². The zero-order valence-electron chi connectivity index (χ0n) is 11.6. The van der Waals surface area contributed by atoms with Gasteiger partial charge in [-0.2, -0.15) is 0 Å². The van der Waals surface area contributed by atoms with Crippen LogP contribution in [0.15, 0.2) is 24.3 Å². The molecule has 0 bridgehead atoms. The molecule has 0 amide bonds. The van der Waals surface area contributed by atoms with Crippen LogP contribution in [0.1, 0.15) is 44.6 Å². The Bertz CT molecular complexity index is 356.